The molecule has 1 N–H and O–H groups in total. The molecule has 0 bridgehead atoms. The molecule has 1 aromatic rings. The second kappa shape index (κ2) is 3.57. The molecule has 84 valence electrons. The van der Waals surface area contributed by atoms with Crippen molar-refractivity contribution in [2.75, 3.05) is 0 Å². The van der Waals surface area contributed by atoms with E-state index in [9.17, 15) is 9.90 Å². The Morgan fingerprint density at radius 1 is 1.12 bits per heavy atom. The van der Waals surface area contributed by atoms with Crippen LogP contribution in [0.2, 0.25) is 0 Å². The highest BCUT2D eigenvalue weighted by molar-refractivity contribution is 7.21. The van der Waals surface area contributed by atoms with Gasteiger partial charge in [-0.2, -0.15) is 0 Å². The summed E-state index contributed by atoms with van der Waals surface area (Å²) in [4.78, 5) is 12.4. The average Bonchev–Trinajstić information content (AvgIpc) is 2.26. The standard InChI is InChI=1S/C14H10O2S/c1-8-4-11(16)7-14-12(8)5-9-2-3-10(15)6-13(9)17-14/h2-7,15H,1H3. The molecule has 0 aromatic heterocycles. The minimum absolute atomic E-state index is 0.0331. The fourth-order valence-electron chi connectivity index (χ4n) is 2.01. The van der Waals surface area contributed by atoms with Crippen molar-refractivity contribution < 1.29 is 5.11 Å². The van der Waals surface area contributed by atoms with Crippen LogP contribution in [-0.2, 0) is 0 Å². The average molecular weight is 242 g/mol. The summed E-state index contributed by atoms with van der Waals surface area (Å²) >= 11 is 1.53. The van der Waals surface area contributed by atoms with Crippen LogP contribution >= 0.6 is 11.3 Å². The van der Waals surface area contributed by atoms with Crippen LogP contribution in [0.5, 0.6) is 5.75 Å². The lowest BCUT2D eigenvalue weighted by molar-refractivity contribution is 0.476. The van der Waals surface area contributed by atoms with Gasteiger partial charge in [0.25, 0.3) is 0 Å². The summed E-state index contributed by atoms with van der Waals surface area (Å²) in [7, 11) is 0. The maximum atomic E-state index is 11.5. The Balaban J connectivity index is 2.49. The first-order valence-electron chi connectivity index (χ1n) is 5.31. The van der Waals surface area contributed by atoms with Gasteiger partial charge >= 0.3 is 0 Å². The zero-order valence-electron chi connectivity index (χ0n) is 9.23. The molecule has 2 nitrogen and oxygen atoms in total. The van der Waals surface area contributed by atoms with Crippen LogP contribution in [0.25, 0.3) is 20.5 Å². The first-order valence-corrected chi connectivity index (χ1v) is 6.12. The Bertz CT molecular complexity index is 743. The van der Waals surface area contributed by atoms with E-state index in [4.69, 9.17) is 0 Å². The zero-order chi connectivity index (χ0) is 12.0. The normalized spacial score (nSPS) is 11.1. The van der Waals surface area contributed by atoms with Crippen LogP contribution in [0, 0.1) is 6.92 Å². The molecule has 1 aliphatic heterocycles. The summed E-state index contributed by atoms with van der Waals surface area (Å²) in [6.07, 6.45) is 0. The summed E-state index contributed by atoms with van der Waals surface area (Å²) in [5.41, 5.74) is 2.14. The van der Waals surface area contributed by atoms with E-state index in [0.29, 0.717) is 0 Å². The smallest absolute Gasteiger partial charge is 0.180 e. The summed E-state index contributed by atoms with van der Waals surface area (Å²) in [6, 6.07) is 10.7. The molecule has 3 rings (SSSR count). The quantitative estimate of drug-likeness (QED) is 0.614. The van der Waals surface area contributed by atoms with Gasteiger partial charge in [-0.05, 0) is 53.8 Å². The lowest BCUT2D eigenvalue weighted by Gasteiger charge is -2.09. The molecule has 0 unspecified atom stereocenters. The van der Waals surface area contributed by atoms with E-state index < -0.39 is 0 Å². The number of hydrogen-bond acceptors (Lipinski definition) is 3. The van der Waals surface area contributed by atoms with Crippen LogP contribution in [0.3, 0.4) is 0 Å². The van der Waals surface area contributed by atoms with Gasteiger partial charge in [0.15, 0.2) is 5.43 Å². The van der Waals surface area contributed by atoms with Crippen molar-refractivity contribution in [2.45, 2.75) is 6.92 Å². The Labute approximate surface area is 102 Å². The first kappa shape index (κ1) is 10.3. The number of aryl methyl sites for hydroxylation is 1. The third-order valence-corrected chi connectivity index (χ3v) is 3.97. The topological polar surface area (TPSA) is 37.3 Å². The molecule has 1 aromatic carbocycles. The number of benzene rings is 2. The monoisotopic (exact) mass is 242 g/mol. The third-order valence-electron chi connectivity index (χ3n) is 2.84. The Morgan fingerprint density at radius 2 is 1.94 bits per heavy atom. The molecule has 3 heteroatoms. The Morgan fingerprint density at radius 3 is 2.76 bits per heavy atom. The molecule has 0 atom stereocenters. The van der Waals surface area contributed by atoms with Crippen molar-refractivity contribution in [2.24, 2.45) is 0 Å². The number of hydrogen-bond donors (Lipinski definition) is 1. The molecule has 0 radical (unpaired) electrons. The summed E-state index contributed by atoms with van der Waals surface area (Å²) in [5.74, 6) is 0.253. The van der Waals surface area contributed by atoms with E-state index in [1.807, 2.05) is 13.0 Å². The highest BCUT2D eigenvalue weighted by Crippen LogP contribution is 2.35. The lowest BCUT2D eigenvalue weighted by atomic mass is 10.1. The van der Waals surface area contributed by atoms with E-state index in [1.54, 1.807) is 24.3 Å². The van der Waals surface area contributed by atoms with E-state index in [2.05, 4.69) is 6.07 Å². The molecule has 2 aliphatic rings. The first-order chi connectivity index (χ1) is 8.13. The minimum atomic E-state index is 0.0331. The van der Waals surface area contributed by atoms with Crippen LogP contribution in [0.4, 0.5) is 0 Å². The van der Waals surface area contributed by atoms with Crippen molar-refractivity contribution in [1.29, 1.82) is 0 Å². The fraction of sp³-hybridized carbons (Fsp3) is 0.0714. The van der Waals surface area contributed by atoms with Gasteiger partial charge in [-0.25, -0.2) is 0 Å². The van der Waals surface area contributed by atoms with Crippen molar-refractivity contribution >= 4 is 21.4 Å². The summed E-state index contributed by atoms with van der Waals surface area (Å²) in [5, 5.41) is 10.5. The second-order valence-electron chi connectivity index (χ2n) is 4.12. The lowest BCUT2D eigenvalue weighted by Crippen LogP contribution is -2.00. The molecule has 0 saturated carbocycles. The van der Waals surface area contributed by atoms with Gasteiger partial charge in [0.1, 0.15) is 5.75 Å². The molecular formula is C14H10O2S. The van der Waals surface area contributed by atoms with Crippen LogP contribution < -0.4 is 5.43 Å². The molecule has 0 saturated heterocycles. The van der Waals surface area contributed by atoms with E-state index in [-0.39, 0.29) is 11.2 Å². The van der Waals surface area contributed by atoms with E-state index in [0.717, 1.165) is 26.1 Å². The number of aromatic hydroxyl groups is 1. The van der Waals surface area contributed by atoms with Gasteiger partial charge in [0, 0.05) is 15.6 Å². The van der Waals surface area contributed by atoms with E-state index in [1.165, 1.54) is 11.3 Å². The maximum absolute atomic E-state index is 11.5. The maximum Gasteiger partial charge on any atom is 0.180 e. The molecule has 1 heterocycles. The number of phenolic OH excluding ortho intramolecular Hbond substituents is 1. The number of fused-ring (bicyclic) bond motifs is 2. The molecule has 1 aliphatic carbocycles. The molecule has 0 spiro atoms. The Kier molecular flexibility index (Phi) is 2.16. The van der Waals surface area contributed by atoms with Gasteiger partial charge in [-0.15, -0.1) is 11.3 Å². The van der Waals surface area contributed by atoms with E-state index >= 15 is 0 Å². The van der Waals surface area contributed by atoms with Gasteiger partial charge in [-0.1, -0.05) is 0 Å². The SMILES string of the molecule is Cc1cc(=O)cc2sc3cc(O)ccc3cc1-2. The van der Waals surface area contributed by atoms with Gasteiger partial charge in [0.2, 0.25) is 0 Å². The van der Waals surface area contributed by atoms with Crippen molar-refractivity contribution in [3.05, 3.63) is 52.2 Å². The van der Waals surface area contributed by atoms with Gasteiger partial charge in [0.05, 0.1) is 0 Å². The van der Waals surface area contributed by atoms with Gasteiger partial charge < -0.3 is 5.11 Å². The molecule has 0 amide bonds. The number of rotatable bonds is 0. The zero-order valence-corrected chi connectivity index (χ0v) is 10.0. The van der Waals surface area contributed by atoms with Crippen molar-refractivity contribution in [3.63, 3.8) is 0 Å². The third kappa shape index (κ3) is 1.68. The molecule has 17 heavy (non-hydrogen) atoms. The summed E-state index contributed by atoms with van der Waals surface area (Å²) in [6.45, 7) is 1.95. The number of phenols is 1. The predicted octanol–water partition coefficient (Wildman–Crippen LogP) is 3.38. The largest absolute Gasteiger partial charge is 0.508 e. The predicted molar refractivity (Wildman–Crippen MR) is 71.1 cm³/mol. The van der Waals surface area contributed by atoms with Crippen LogP contribution in [0.1, 0.15) is 5.56 Å². The van der Waals surface area contributed by atoms with Crippen LogP contribution in [-0.4, -0.2) is 5.11 Å². The summed E-state index contributed by atoms with van der Waals surface area (Å²) < 4.78 is 0.988. The molecule has 0 fully saturated rings. The highest BCUT2D eigenvalue weighted by Gasteiger charge is 2.09. The minimum Gasteiger partial charge on any atom is -0.508 e. The second-order valence-corrected chi connectivity index (χ2v) is 5.20. The molecular weight excluding hydrogens is 232 g/mol. The fourth-order valence-corrected chi connectivity index (χ4v) is 3.17. The van der Waals surface area contributed by atoms with Crippen LogP contribution in [0.15, 0.2) is 41.2 Å². The van der Waals surface area contributed by atoms with Crippen molar-refractivity contribution in [3.8, 4) is 16.2 Å². The van der Waals surface area contributed by atoms with Gasteiger partial charge in [-0.3, -0.25) is 4.79 Å². The highest BCUT2D eigenvalue weighted by atomic mass is 32.1. The Hall–Kier alpha value is -1.87. The van der Waals surface area contributed by atoms with Crippen molar-refractivity contribution in [1.82, 2.24) is 0 Å².